The number of hydrogen-bond donors (Lipinski definition) is 3. The van der Waals surface area contributed by atoms with E-state index in [1.165, 1.54) is 18.2 Å². The van der Waals surface area contributed by atoms with Crippen molar-refractivity contribution in [2.45, 2.75) is 16.4 Å². The summed E-state index contributed by atoms with van der Waals surface area (Å²) in [6, 6.07) is 6.37. The Hall–Kier alpha value is -3.26. The van der Waals surface area contributed by atoms with Crippen molar-refractivity contribution < 1.29 is 45.1 Å². The van der Waals surface area contributed by atoms with Gasteiger partial charge in [-0.3, -0.25) is 14.4 Å². The maximum atomic E-state index is 14.7. The normalized spacial score (nSPS) is 17.4. The van der Waals surface area contributed by atoms with Gasteiger partial charge in [0.15, 0.2) is 17.5 Å². The van der Waals surface area contributed by atoms with E-state index in [1.807, 2.05) is 0 Å². The van der Waals surface area contributed by atoms with Crippen LogP contribution in [0.1, 0.15) is 21.8 Å². The van der Waals surface area contributed by atoms with Crippen LogP contribution in [0.4, 0.5) is 47.8 Å². The molecule has 222 valence electrons. The van der Waals surface area contributed by atoms with E-state index in [9.17, 15) is 45.1 Å². The van der Waals surface area contributed by atoms with Crippen LogP contribution < -0.4 is 16.0 Å². The highest BCUT2D eigenvalue weighted by Gasteiger charge is 2.67. The average Bonchev–Trinajstić information content (AvgIpc) is 3.48. The zero-order valence-corrected chi connectivity index (χ0v) is 23.1. The number of carbonyl (C=O) groups is 3. The minimum atomic E-state index is -5.43. The second-order valence-corrected chi connectivity index (χ2v) is 11.1. The molecule has 0 aliphatic heterocycles. The molecule has 0 radical (unpaired) electrons. The highest BCUT2D eigenvalue weighted by molar-refractivity contribution is 6.53. The Kier molecular flexibility index (Phi) is 8.62. The molecule has 4 rings (SSSR count). The molecule has 1 aliphatic rings. The summed E-state index contributed by atoms with van der Waals surface area (Å²) >= 11 is 24.4. The molecule has 6 nitrogen and oxygen atoms in total. The van der Waals surface area contributed by atoms with Gasteiger partial charge in [-0.2, -0.15) is 13.2 Å². The molecule has 0 bridgehead atoms. The third-order valence-corrected chi connectivity index (χ3v) is 7.69. The van der Waals surface area contributed by atoms with Crippen LogP contribution in [0.2, 0.25) is 10.0 Å². The fraction of sp³-hybridized carbons (Fsp3) is 0.160. The minimum absolute atomic E-state index is 0.154. The first-order valence-electron chi connectivity index (χ1n) is 11.2. The highest BCUT2D eigenvalue weighted by Crippen LogP contribution is 2.65. The predicted molar refractivity (Wildman–Crippen MR) is 141 cm³/mol. The Bertz CT molecular complexity index is 1640. The molecular formula is C25H12Cl4F7N3O3. The van der Waals surface area contributed by atoms with Crippen molar-refractivity contribution in [1.82, 2.24) is 0 Å². The average molecular weight is 677 g/mol. The van der Waals surface area contributed by atoms with Gasteiger partial charge in [0, 0.05) is 17.7 Å². The van der Waals surface area contributed by atoms with E-state index in [0.29, 0.717) is 29.8 Å². The largest absolute Gasteiger partial charge is 0.471 e. The van der Waals surface area contributed by atoms with Crippen molar-refractivity contribution in [3.05, 3.63) is 86.9 Å². The lowest BCUT2D eigenvalue weighted by molar-refractivity contribution is -0.167. The molecule has 3 aromatic carbocycles. The molecule has 1 unspecified atom stereocenters. The van der Waals surface area contributed by atoms with Gasteiger partial charge >= 0.3 is 12.1 Å². The molecule has 1 saturated carbocycles. The summed E-state index contributed by atoms with van der Waals surface area (Å²) in [5.41, 5.74) is -3.76. The number of nitrogens with one attached hydrogen (secondary N) is 3. The predicted octanol–water partition coefficient (Wildman–Crippen LogP) is 7.83. The second-order valence-electron chi connectivity index (χ2n) is 8.80. The van der Waals surface area contributed by atoms with E-state index in [0.717, 1.165) is 5.32 Å². The van der Waals surface area contributed by atoms with Gasteiger partial charge in [0.05, 0.1) is 27.2 Å². The molecule has 3 aromatic rings. The van der Waals surface area contributed by atoms with Crippen LogP contribution in [0.3, 0.4) is 0 Å². The molecule has 1 fully saturated rings. The Morgan fingerprint density at radius 2 is 1.45 bits per heavy atom. The van der Waals surface area contributed by atoms with Gasteiger partial charge in [-0.1, -0.05) is 29.3 Å². The summed E-state index contributed by atoms with van der Waals surface area (Å²) in [6.07, 6.45) is -5.43. The van der Waals surface area contributed by atoms with Crippen LogP contribution in [-0.2, 0) is 9.59 Å². The first-order valence-corrected chi connectivity index (χ1v) is 12.7. The Morgan fingerprint density at radius 3 is 2.07 bits per heavy atom. The van der Waals surface area contributed by atoms with Crippen molar-refractivity contribution in [3.8, 4) is 0 Å². The van der Waals surface area contributed by atoms with Crippen LogP contribution in [0.5, 0.6) is 0 Å². The van der Waals surface area contributed by atoms with Gasteiger partial charge in [-0.05, 0) is 35.9 Å². The van der Waals surface area contributed by atoms with Crippen molar-refractivity contribution >= 4 is 81.2 Å². The number of amides is 3. The van der Waals surface area contributed by atoms with Crippen molar-refractivity contribution in [2.75, 3.05) is 16.0 Å². The summed E-state index contributed by atoms with van der Waals surface area (Å²) in [7, 11) is 0. The van der Waals surface area contributed by atoms with Gasteiger partial charge in [0.25, 0.3) is 5.91 Å². The van der Waals surface area contributed by atoms with Gasteiger partial charge in [0.1, 0.15) is 15.8 Å². The molecular weight excluding hydrogens is 665 g/mol. The van der Waals surface area contributed by atoms with E-state index >= 15 is 0 Å². The molecule has 3 N–H and O–H groups in total. The zero-order chi connectivity index (χ0) is 31.3. The molecule has 0 spiro atoms. The number of halogens is 11. The molecule has 3 amide bonds. The monoisotopic (exact) mass is 675 g/mol. The van der Waals surface area contributed by atoms with Crippen LogP contribution in [-0.4, -0.2) is 28.2 Å². The van der Waals surface area contributed by atoms with Crippen molar-refractivity contribution in [3.63, 3.8) is 0 Å². The molecule has 0 aromatic heterocycles. The number of carbonyl (C=O) groups excluding carboxylic acids is 3. The fourth-order valence-corrected chi connectivity index (χ4v) is 5.09. The van der Waals surface area contributed by atoms with E-state index in [1.54, 1.807) is 5.32 Å². The fourth-order valence-electron chi connectivity index (χ4n) is 3.96. The van der Waals surface area contributed by atoms with E-state index < -0.39 is 86.0 Å². The Morgan fingerprint density at radius 1 is 0.786 bits per heavy atom. The maximum Gasteiger partial charge on any atom is 0.471 e. The smallest absolute Gasteiger partial charge is 0.326 e. The van der Waals surface area contributed by atoms with Gasteiger partial charge in [0.2, 0.25) is 5.91 Å². The second kappa shape index (κ2) is 11.4. The van der Waals surface area contributed by atoms with Gasteiger partial charge < -0.3 is 16.0 Å². The molecule has 0 heterocycles. The Balaban J connectivity index is 1.56. The molecule has 42 heavy (non-hydrogen) atoms. The van der Waals surface area contributed by atoms with E-state index in [-0.39, 0.29) is 10.0 Å². The number of anilines is 3. The lowest BCUT2D eigenvalue weighted by Gasteiger charge is -2.14. The first-order chi connectivity index (χ1) is 19.4. The molecule has 1 aliphatic carbocycles. The van der Waals surface area contributed by atoms with Crippen LogP contribution in [0.25, 0.3) is 0 Å². The molecule has 0 saturated heterocycles. The first kappa shape index (κ1) is 31.7. The molecule has 17 heteroatoms. The number of hydrogen-bond acceptors (Lipinski definition) is 3. The quantitative estimate of drug-likeness (QED) is 0.184. The minimum Gasteiger partial charge on any atom is -0.326 e. The third kappa shape index (κ3) is 6.24. The summed E-state index contributed by atoms with van der Waals surface area (Å²) in [5.74, 6) is -13.9. The number of rotatable bonds is 6. The van der Waals surface area contributed by atoms with Gasteiger partial charge in [-0.25, -0.2) is 17.6 Å². The van der Waals surface area contributed by atoms with Crippen molar-refractivity contribution in [2.24, 2.45) is 5.92 Å². The van der Waals surface area contributed by atoms with Crippen LogP contribution >= 0.6 is 46.4 Å². The summed E-state index contributed by atoms with van der Waals surface area (Å²) in [4.78, 5) is 36.7. The van der Waals surface area contributed by atoms with Crippen LogP contribution in [0.15, 0.2) is 42.5 Å². The van der Waals surface area contributed by atoms with Crippen LogP contribution in [0, 0.1) is 29.2 Å². The highest BCUT2D eigenvalue weighted by atomic mass is 35.5. The number of alkyl halides is 5. The van der Waals surface area contributed by atoms with E-state index in [4.69, 9.17) is 46.4 Å². The Labute approximate surface area is 251 Å². The summed E-state index contributed by atoms with van der Waals surface area (Å²) in [6.45, 7) is 0. The standard InChI is InChI=1S/C25H12Cl4F7N3O3/c26-11-2-1-8(5-12(11)27)16-17(24(16,28)29)22(41)37-9-6-10(18(32)14(31)7-9)21(40)39-20-13(30)3-4-15(19(20)33)38-23(42)25(34,35)36/h1-7,16-17H,(H,37,41)(H,38,42)(H,39,40)/t16-,17?/m0/s1. The summed E-state index contributed by atoms with van der Waals surface area (Å²) in [5, 5.41) is 5.33. The van der Waals surface area contributed by atoms with Crippen molar-refractivity contribution in [1.29, 1.82) is 0 Å². The van der Waals surface area contributed by atoms with E-state index in [2.05, 4.69) is 5.32 Å². The number of benzene rings is 3. The lowest BCUT2D eigenvalue weighted by atomic mass is 10.1. The topological polar surface area (TPSA) is 87.3 Å². The van der Waals surface area contributed by atoms with Gasteiger partial charge in [-0.15, -0.1) is 23.2 Å². The third-order valence-electron chi connectivity index (χ3n) is 6.01. The lowest BCUT2D eigenvalue weighted by Crippen LogP contribution is -2.30. The zero-order valence-electron chi connectivity index (χ0n) is 20.1. The SMILES string of the molecule is O=C(Nc1c(F)ccc(NC(=O)C(F)(F)F)c1F)c1cc(NC(=O)C2[C@H](c3ccc(Cl)c(Cl)c3)C2(Cl)Cl)cc(F)c1F. The maximum absolute atomic E-state index is 14.7. The molecule has 2 atom stereocenters. The summed E-state index contributed by atoms with van der Waals surface area (Å²) < 4.78 is 93.7.